The van der Waals surface area contributed by atoms with Gasteiger partial charge in [0.25, 0.3) is 5.95 Å². The normalized spacial score (nSPS) is 26.5. The fraction of sp³-hybridized carbons (Fsp3) is 0.594. The summed E-state index contributed by atoms with van der Waals surface area (Å²) in [5, 5.41) is 40.1. The van der Waals surface area contributed by atoms with Crippen molar-refractivity contribution in [3.63, 3.8) is 0 Å². The predicted octanol–water partition coefficient (Wildman–Crippen LogP) is 3.85. The van der Waals surface area contributed by atoms with Crippen molar-refractivity contribution in [1.29, 1.82) is 0 Å². The lowest BCUT2D eigenvalue weighted by molar-refractivity contribution is -0.310. The summed E-state index contributed by atoms with van der Waals surface area (Å²) >= 11 is 0. The van der Waals surface area contributed by atoms with Crippen LogP contribution in [-0.2, 0) is 15.9 Å². The molecule has 41 heavy (non-hydrogen) atoms. The van der Waals surface area contributed by atoms with Crippen molar-refractivity contribution in [3.8, 4) is 5.95 Å². The van der Waals surface area contributed by atoms with Gasteiger partial charge in [0.05, 0.1) is 25.4 Å². The largest absolute Gasteiger partial charge is 0.468 e. The molecular formula is C32H48O9. The molecule has 4 N–H and O–H groups in total. The van der Waals surface area contributed by atoms with Crippen molar-refractivity contribution in [2.45, 2.75) is 98.1 Å². The molecule has 1 aliphatic heterocycles. The van der Waals surface area contributed by atoms with Gasteiger partial charge in [0.15, 0.2) is 11.7 Å². The van der Waals surface area contributed by atoms with Gasteiger partial charge in [-0.15, -0.1) is 0 Å². The van der Waals surface area contributed by atoms with Gasteiger partial charge in [0.2, 0.25) is 0 Å². The minimum atomic E-state index is -1.50. The van der Waals surface area contributed by atoms with E-state index in [4.69, 9.17) is 18.6 Å². The Balaban J connectivity index is 2.08. The lowest BCUT2D eigenvalue weighted by Crippen LogP contribution is -2.60. The highest BCUT2D eigenvalue weighted by atomic mass is 16.7. The molecular weight excluding hydrogens is 528 g/mol. The molecule has 2 rings (SSSR count). The van der Waals surface area contributed by atoms with Gasteiger partial charge in [-0.3, -0.25) is 4.79 Å². The molecule has 1 aromatic rings. The van der Waals surface area contributed by atoms with Gasteiger partial charge in [-0.25, -0.2) is 0 Å². The van der Waals surface area contributed by atoms with E-state index in [1.54, 1.807) is 6.92 Å². The van der Waals surface area contributed by atoms with E-state index >= 15 is 0 Å². The van der Waals surface area contributed by atoms with Crippen LogP contribution in [0.4, 0.5) is 0 Å². The fourth-order valence-corrected chi connectivity index (χ4v) is 4.79. The third kappa shape index (κ3) is 8.98. The summed E-state index contributed by atoms with van der Waals surface area (Å²) in [6.07, 6.45) is 6.08. The summed E-state index contributed by atoms with van der Waals surface area (Å²) in [6.45, 7) is 13.0. The number of allylic oxidation sites excluding steroid dienone is 5. The highest BCUT2D eigenvalue weighted by Gasteiger charge is 2.45. The summed E-state index contributed by atoms with van der Waals surface area (Å²) < 4.78 is 22.7. The molecule has 1 aromatic heterocycles. The zero-order valence-electron chi connectivity index (χ0n) is 25.5. The molecule has 0 radical (unpaired) electrons. The first-order chi connectivity index (χ1) is 19.4. The topological polar surface area (TPSA) is 139 Å². The van der Waals surface area contributed by atoms with Gasteiger partial charge in [0, 0.05) is 11.5 Å². The first-order valence-corrected chi connectivity index (χ1v) is 14.2. The van der Waals surface area contributed by atoms with E-state index in [1.807, 2.05) is 58.9 Å². The van der Waals surface area contributed by atoms with Crippen LogP contribution in [0.3, 0.4) is 0 Å². The van der Waals surface area contributed by atoms with Crippen molar-refractivity contribution in [3.05, 3.63) is 68.6 Å². The van der Waals surface area contributed by atoms with E-state index in [0.717, 1.165) is 17.6 Å². The third-order valence-corrected chi connectivity index (χ3v) is 7.47. The Labute approximate surface area is 243 Å². The van der Waals surface area contributed by atoms with E-state index in [-0.39, 0.29) is 23.2 Å². The number of ether oxygens (including phenoxy) is 3. The van der Waals surface area contributed by atoms with E-state index in [2.05, 4.69) is 19.1 Å². The van der Waals surface area contributed by atoms with Crippen molar-refractivity contribution < 1.29 is 39.1 Å². The van der Waals surface area contributed by atoms with E-state index < -0.39 is 43.4 Å². The van der Waals surface area contributed by atoms with Gasteiger partial charge in [-0.1, -0.05) is 56.7 Å². The fourth-order valence-electron chi connectivity index (χ4n) is 4.79. The van der Waals surface area contributed by atoms with E-state index in [1.165, 1.54) is 7.11 Å². The number of rotatable bonds is 13. The molecule has 0 bridgehead atoms. The number of methoxy groups -OCH3 is 1. The lowest BCUT2D eigenvalue weighted by Gasteiger charge is -2.41. The minimum absolute atomic E-state index is 0.0559. The Hall–Kier alpha value is -2.53. The quantitative estimate of drug-likeness (QED) is 0.204. The second-order valence-electron chi connectivity index (χ2n) is 10.8. The van der Waals surface area contributed by atoms with Crippen LogP contribution in [0.15, 0.2) is 50.7 Å². The minimum Gasteiger partial charge on any atom is -0.468 e. The van der Waals surface area contributed by atoms with Gasteiger partial charge < -0.3 is 39.1 Å². The zero-order valence-corrected chi connectivity index (χ0v) is 25.5. The second kappa shape index (κ2) is 16.2. The van der Waals surface area contributed by atoms with Crippen LogP contribution in [0, 0.1) is 18.8 Å². The summed E-state index contributed by atoms with van der Waals surface area (Å²) in [5.41, 5.74) is 2.97. The van der Waals surface area contributed by atoms with Crippen LogP contribution in [-0.4, -0.2) is 71.0 Å². The Bertz CT molecular complexity index is 1160. The molecule has 0 unspecified atom stereocenters. The van der Waals surface area contributed by atoms with E-state index in [9.17, 15) is 25.2 Å². The van der Waals surface area contributed by atoms with Gasteiger partial charge in [-0.2, -0.15) is 0 Å². The van der Waals surface area contributed by atoms with Crippen LogP contribution in [0.25, 0.3) is 6.08 Å². The molecule has 0 saturated carbocycles. The van der Waals surface area contributed by atoms with E-state index in [0.29, 0.717) is 23.3 Å². The molecule has 2 heterocycles. The Morgan fingerprint density at radius 2 is 1.80 bits per heavy atom. The average molecular weight is 577 g/mol. The van der Waals surface area contributed by atoms with Crippen LogP contribution in [0.5, 0.6) is 5.95 Å². The van der Waals surface area contributed by atoms with Gasteiger partial charge >= 0.3 is 0 Å². The van der Waals surface area contributed by atoms with Crippen molar-refractivity contribution in [2.75, 3.05) is 13.7 Å². The maximum Gasteiger partial charge on any atom is 0.291 e. The van der Waals surface area contributed by atoms with Gasteiger partial charge in [-0.05, 0) is 58.1 Å². The summed E-state index contributed by atoms with van der Waals surface area (Å²) in [4.78, 5) is 12.6. The maximum absolute atomic E-state index is 12.6. The Kier molecular flexibility index (Phi) is 13.7. The Morgan fingerprint density at radius 3 is 2.39 bits per heavy atom. The molecule has 0 aromatic carbocycles. The first kappa shape index (κ1) is 34.7. The molecule has 8 atom stereocenters. The van der Waals surface area contributed by atoms with Gasteiger partial charge in [0.1, 0.15) is 30.2 Å². The summed E-state index contributed by atoms with van der Waals surface area (Å²) in [6, 6.07) is 0. The molecule has 1 fully saturated rings. The van der Waals surface area contributed by atoms with Crippen LogP contribution in [0.1, 0.15) is 64.9 Å². The van der Waals surface area contributed by atoms with Crippen molar-refractivity contribution in [1.82, 2.24) is 0 Å². The maximum atomic E-state index is 12.6. The second-order valence-corrected chi connectivity index (χ2v) is 10.8. The molecule has 230 valence electrons. The highest BCUT2D eigenvalue weighted by molar-refractivity contribution is 5.49. The monoisotopic (exact) mass is 576 g/mol. The SMILES string of the molecule is CC=C(C)[C@H](O[C@@H]1O[C@H](CO)[C@@H](O)[C@H](O)[C@H]1O)[C@@H](C)C=C(C)C=CC[C@@H](C)C=Cc1oc(OC)c(CC)c(=O)c1C. The van der Waals surface area contributed by atoms with Crippen molar-refractivity contribution in [2.24, 2.45) is 11.8 Å². The average Bonchev–Trinajstić information content (AvgIpc) is 2.95. The molecule has 0 aliphatic carbocycles. The molecule has 9 nitrogen and oxygen atoms in total. The Morgan fingerprint density at radius 1 is 1.12 bits per heavy atom. The summed E-state index contributed by atoms with van der Waals surface area (Å²) in [5.74, 6) is 0.819. The highest BCUT2D eigenvalue weighted by Crippen LogP contribution is 2.28. The van der Waals surface area contributed by atoms with Crippen LogP contribution in [0.2, 0.25) is 0 Å². The third-order valence-electron chi connectivity index (χ3n) is 7.47. The number of hydrogen-bond acceptors (Lipinski definition) is 9. The predicted molar refractivity (Wildman–Crippen MR) is 159 cm³/mol. The van der Waals surface area contributed by atoms with Crippen LogP contribution >= 0.6 is 0 Å². The number of aliphatic hydroxyl groups is 4. The molecule has 0 amide bonds. The number of hydrogen-bond donors (Lipinski definition) is 4. The molecule has 0 spiro atoms. The first-order valence-electron chi connectivity index (χ1n) is 14.2. The van der Waals surface area contributed by atoms with Crippen molar-refractivity contribution >= 4 is 6.08 Å². The zero-order chi connectivity index (χ0) is 30.9. The number of aliphatic hydroxyl groups excluding tert-OH is 4. The molecule has 9 heteroatoms. The molecule has 1 saturated heterocycles. The van der Waals surface area contributed by atoms with Crippen LogP contribution < -0.4 is 10.2 Å². The standard InChI is InChI=1S/C32H48O9/c1-9-20(5)30(41-32-29(37)28(36)27(35)25(17-33)40-32)21(6)16-19(4)13-11-12-18(3)14-15-24-22(7)26(34)23(10-2)31(38-8)39-24/h9,11,13-16,18,21,25,27-30,32-33,35-37H,10,12,17H2,1-8H3/t18-,21+,25-,27-,28+,29-,30+,32+/m1/s1. The smallest absolute Gasteiger partial charge is 0.291 e. The lowest BCUT2D eigenvalue weighted by atomic mass is 9.94. The molecule has 1 aliphatic rings. The summed E-state index contributed by atoms with van der Waals surface area (Å²) in [7, 11) is 1.49.